The van der Waals surface area contributed by atoms with Crippen LogP contribution in [-0.2, 0) is 0 Å². The lowest BCUT2D eigenvalue weighted by molar-refractivity contribution is 0.426. The van der Waals surface area contributed by atoms with Gasteiger partial charge in [0.05, 0.1) is 0 Å². The molecule has 0 fully saturated rings. The highest BCUT2D eigenvalue weighted by Gasteiger charge is 2.21. The fraction of sp³-hybridized carbons (Fsp3) is 0.0103. The first-order chi connectivity index (χ1) is 52.2. The molecule has 0 saturated carbocycles. The molecule has 6 nitrogen and oxygen atoms in total. The van der Waals surface area contributed by atoms with Gasteiger partial charge in [0.2, 0.25) is 0 Å². The van der Waals surface area contributed by atoms with Crippen LogP contribution in [0.4, 0.5) is 34.1 Å². The van der Waals surface area contributed by atoms with Crippen molar-refractivity contribution in [1.29, 1.82) is 0 Å². The fourth-order valence-corrected chi connectivity index (χ4v) is 14.7. The lowest BCUT2D eigenvalue weighted by Gasteiger charge is -2.26. The second kappa shape index (κ2) is 31.3. The smallest absolute Gasteiger partial charge is 0.456 e. The van der Waals surface area contributed by atoms with E-state index >= 15 is 0 Å². The molecule has 0 amide bonds. The monoisotopic (exact) mass is 1490 g/mol. The van der Waals surface area contributed by atoms with E-state index < -0.39 is 7.12 Å². The highest BCUT2D eigenvalue weighted by atomic mass is 79.9. The number of para-hydroxylation sites is 2. The summed E-state index contributed by atoms with van der Waals surface area (Å²) in [6.45, 7) is 0. The second-order valence-corrected chi connectivity index (χ2v) is 27.9. The van der Waals surface area contributed by atoms with Crippen molar-refractivity contribution in [2.24, 2.45) is 0 Å². The van der Waals surface area contributed by atoms with Crippen molar-refractivity contribution in [2.45, 2.75) is 5.92 Å². The number of rotatable bonds is 15. The Morgan fingerprint density at radius 1 is 0.226 bits per heavy atom. The van der Waals surface area contributed by atoms with Gasteiger partial charge in [0.1, 0.15) is 22.3 Å². The van der Waals surface area contributed by atoms with Gasteiger partial charge in [-0.3, -0.25) is 0 Å². The van der Waals surface area contributed by atoms with E-state index in [0.29, 0.717) is 5.46 Å². The number of anilines is 6. The van der Waals surface area contributed by atoms with Gasteiger partial charge in [-0.15, -0.1) is 0 Å². The van der Waals surface area contributed by atoms with Crippen LogP contribution in [0.1, 0.15) is 22.6 Å². The molecule has 2 N–H and O–H groups in total. The van der Waals surface area contributed by atoms with E-state index in [9.17, 15) is 10.0 Å². The number of benzene rings is 16. The minimum Gasteiger partial charge on any atom is -0.456 e. The molecule has 0 saturated heterocycles. The zero-order valence-electron chi connectivity index (χ0n) is 57.6. The third kappa shape index (κ3) is 15.1. The van der Waals surface area contributed by atoms with E-state index in [1.807, 2.05) is 72.8 Å². The molecule has 0 aliphatic heterocycles. The lowest BCUT2D eigenvalue weighted by atomic mass is 9.80. The Kier molecular flexibility index (Phi) is 20.1. The number of hydrogen-bond acceptors (Lipinski definition) is 6. The topological polar surface area (TPSA) is 73.2 Å². The Bertz CT molecular complexity index is 5670. The summed E-state index contributed by atoms with van der Waals surface area (Å²) in [5, 5.41) is 23.2. The molecule has 106 heavy (non-hydrogen) atoms. The maximum atomic E-state index is 9.37. The molecule has 2 aromatic heterocycles. The summed E-state index contributed by atoms with van der Waals surface area (Å²) in [4.78, 5) is 4.45. The summed E-state index contributed by atoms with van der Waals surface area (Å²) in [5.74, 6) is 0.116. The normalized spacial score (nSPS) is 11.4. The van der Waals surface area contributed by atoms with Gasteiger partial charge in [-0.1, -0.05) is 299 Å². The molecular weight excluding hydrogens is 1430 g/mol. The summed E-state index contributed by atoms with van der Waals surface area (Å²) < 4.78 is 14.3. The van der Waals surface area contributed by atoms with Crippen LogP contribution in [0.5, 0.6) is 0 Å². The molecule has 1 unspecified atom stereocenters. The molecule has 0 spiro atoms. The van der Waals surface area contributed by atoms with Crippen LogP contribution >= 0.6 is 31.9 Å². The molecule has 0 radical (unpaired) electrons. The van der Waals surface area contributed by atoms with Crippen molar-refractivity contribution in [3.05, 3.63) is 426 Å². The van der Waals surface area contributed by atoms with Gasteiger partial charge >= 0.3 is 7.12 Å². The summed E-state index contributed by atoms with van der Waals surface area (Å²) >= 11 is 6.94. The molecule has 2 heterocycles. The van der Waals surface area contributed by atoms with Crippen LogP contribution in [-0.4, -0.2) is 17.2 Å². The quantitative estimate of drug-likeness (QED) is 0.0787. The molecule has 0 aliphatic rings. The first-order valence-corrected chi connectivity index (χ1v) is 36.9. The van der Waals surface area contributed by atoms with Crippen LogP contribution < -0.4 is 15.3 Å². The van der Waals surface area contributed by atoms with Crippen molar-refractivity contribution in [3.8, 4) is 55.6 Å². The van der Waals surface area contributed by atoms with Gasteiger partial charge in [-0.25, -0.2) is 0 Å². The molecule has 18 rings (SSSR count). The molecule has 0 bridgehead atoms. The Hall–Kier alpha value is -12.3. The van der Waals surface area contributed by atoms with Crippen molar-refractivity contribution >= 4 is 122 Å². The third-order valence-corrected chi connectivity index (χ3v) is 20.3. The number of hydrogen-bond donors (Lipinski definition) is 2. The number of fused-ring (bicyclic) bond motifs is 6. The summed E-state index contributed by atoms with van der Waals surface area (Å²) in [6.07, 6.45) is 0. The molecule has 18 aromatic rings. The molecule has 16 aromatic carbocycles. The maximum absolute atomic E-state index is 9.37. The van der Waals surface area contributed by atoms with Crippen LogP contribution in [0.3, 0.4) is 0 Å². The predicted octanol–water partition coefficient (Wildman–Crippen LogP) is 26.5. The van der Waals surface area contributed by atoms with Gasteiger partial charge in [-0.2, -0.15) is 0 Å². The standard InChI is InChI=1S/C61H43NO.C24H20BNO2.C12H6Br2O/c1-5-13-43(14-6-1)45-21-25-50(26-22-45)61(49-17-9-3-10-18-49)51-27-23-47(24-28-51)52-33-39-59-57(41-52)58-42-53(34-40-60(58)63-59)48-31-37-56(38-32-48)62(54-19-11-4-12-20-54)55-35-29-46(30-36-55)44-15-7-2-8-16-44;27-25(28)21-13-17-24(18-14-21)26(22-9-5-2-6-10-22)23-15-11-20(12-16-23)19-7-3-1-4-8-19;13-7-1-3-11-9(5-7)10-6-8(14)2-4-12(10)15-11/h1-42,61H;1-18,27-28H;1-6H. The minimum atomic E-state index is -1.47. The number of halogens is 2. The average Bonchev–Trinajstić information content (AvgIpc) is 1.54. The molecule has 508 valence electrons. The Morgan fingerprint density at radius 2 is 0.462 bits per heavy atom. The van der Waals surface area contributed by atoms with E-state index in [1.54, 1.807) is 12.1 Å². The van der Waals surface area contributed by atoms with Crippen molar-refractivity contribution in [3.63, 3.8) is 0 Å². The Labute approximate surface area is 634 Å². The average molecular weight is 1500 g/mol. The first kappa shape index (κ1) is 68.1. The van der Waals surface area contributed by atoms with Gasteiger partial charge in [0.25, 0.3) is 0 Å². The minimum absolute atomic E-state index is 0.116. The van der Waals surface area contributed by atoms with Crippen LogP contribution in [0, 0.1) is 0 Å². The molecular formula is C97H69BBr2N2O4. The maximum Gasteiger partial charge on any atom is 0.488 e. The van der Waals surface area contributed by atoms with Gasteiger partial charge in [0, 0.05) is 70.5 Å². The van der Waals surface area contributed by atoms with E-state index in [1.165, 1.54) is 50.1 Å². The summed E-state index contributed by atoms with van der Waals surface area (Å²) in [7, 11) is -1.47. The van der Waals surface area contributed by atoms with Crippen LogP contribution in [0.25, 0.3) is 99.5 Å². The van der Waals surface area contributed by atoms with Crippen molar-refractivity contribution in [1.82, 2.24) is 0 Å². The van der Waals surface area contributed by atoms with Gasteiger partial charge < -0.3 is 28.7 Å². The van der Waals surface area contributed by atoms with Crippen molar-refractivity contribution < 1.29 is 18.9 Å². The second-order valence-electron chi connectivity index (χ2n) is 26.0. The summed E-state index contributed by atoms with van der Waals surface area (Å²) in [6, 6.07) is 140. The first-order valence-electron chi connectivity index (χ1n) is 35.3. The van der Waals surface area contributed by atoms with E-state index in [-0.39, 0.29) is 5.92 Å². The predicted molar refractivity (Wildman–Crippen MR) is 449 cm³/mol. The van der Waals surface area contributed by atoms with Crippen molar-refractivity contribution in [2.75, 3.05) is 9.80 Å². The SMILES string of the molecule is Brc1ccc2oc3ccc(Br)cc3c2c1.OB(O)c1ccc(N(c2ccccc2)c2ccc(-c3ccccc3)cc2)cc1.c1ccc(-c2ccc(C(c3ccccc3)c3ccc(-c4ccc5oc6ccc(-c7ccc(N(c8ccccc8)c8ccc(-c9ccccc9)cc8)cc7)cc6c5c4)cc3)cc2)cc1. The van der Waals surface area contributed by atoms with E-state index in [4.69, 9.17) is 8.83 Å². The molecule has 0 aliphatic carbocycles. The van der Waals surface area contributed by atoms with Crippen LogP contribution in [0.15, 0.2) is 418 Å². The third-order valence-electron chi connectivity index (χ3n) is 19.3. The Morgan fingerprint density at radius 3 is 0.792 bits per heavy atom. The highest BCUT2D eigenvalue weighted by molar-refractivity contribution is 9.10. The van der Waals surface area contributed by atoms with E-state index in [2.05, 4.69) is 357 Å². The zero-order chi connectivity index (χ0) is 71.7. The number of nitrogens with zero attached hydrogens (tertiary/aromatic N) is 2. The van der Waals surface area contributed by atoms with Gasteiger partial charge in [-0.05, 0) is 211 Å². The highest BCUT2D eigenvalue weighted by Crippen LogP contribution is 2.42. The lowest BCUT2D eigenvalue weighted by Crippen LogP contribution is -2.29. The van der Waals surface area contributed by atoms with Crippen LogP contribution in [0.2, 0.25) is 0 Å². The van der Waals surface area contributed by atoms with E-state index in [0.717, 1.165) is 109 Å². The van der Waals surface area contributed by atoms with Gasteiger partial charge in [0.15, 0.2) is 0 Å². The zero-order valence-corrected chi connectivity index (χ0v) is 60.8. The Balaban J connectivity index is 0.000000162. The largest absolute Gasteiger partial charge is 0.488 e. The fourth-order valence-electron chi connectivity index (χ4n) is 14.0. The number of furan rings is 2. The summed E-state index contributed by atoms with van der Waals surface area (Å²) in [5.41, 5.74) is 26.0. The molecule has 9 heteroatoms. The molecule has 1 atom stereocenters.